The number of rotatable bonds is 3. The first kappa shape index (κ1) is 11.3. The van der Waals surface area contributed by atoms with Crippen molar-refractivity contribution in [3.05, 3.63) is 0 Å². The van der Waals surface area contributed by atoms with Crippen LogP contribution in [0.5, 0.6) is 0 Å². The fraction of sp³-hybridized carbons (Fsp3) is 0.889. The Balaban J connectivity index is 2.63. The molecule has 1 rings (SSSR count). The van der Waals surface area contributed by atoms with Gasteiger partial charge in [-0.05, 0) is 26.3 Å². The van der Waals surface area contributed by atoms with Crippen LogP contribution >= 0.6 is 0 Å². The largest absolute Gasteiger partial charge is 0.409 e. The van der Waals surface area contributed by atoms with E-state index in [-0.39, 0.29) is 24.5 Å². The molecule has 0 spiro atoms. The second-order valence-corrected chi connectivity index (χ2v) is 3.77. The number of piperidine rings is 1. The standard InChI is InChI=1S/C9H19N3O2/c1-7(9(10)11-14)12-5-3-2-4-8(12)6-13/h7-8,13-14H,2-6H2,1H3,(H2,10,11). The molecule has 4 N–H and O–H groups in total. The molecule has 2 atom stereocenters. The van der Waals surface area contributed by atoms with Gasteiger partial charge in [-0.3, -0.25) is 4.90 Å². The van der Waals surface area contributed by atoms with E-state index in [2.05, 4.69) is 10.1 Å². The Bertz CT molecular complexity index is 208. The number of hydrogen-bond donors (Lipinski definition) is 3. The van der Waals surface area contributed by atoms with Crippen LogP contribution in [0.25, 0.3) is 0 Å². The summed E-state index contributed by atoms with van der Waals surface area (Å²) in [7, 11) is 0. The minimum absolute atomic E-state index is 0.0996. The van der Waals surface area contributed by atoms with E-state index >= 15 is 0 Å². The van der Waals surface area contributed by atoms with E-state index in [4.69, 9.17) is 10.9 Å². The third kappa shape index (κ3) is 2.36. The van der Waals surface area contributed by atoms with Gasteiger partial charge in [0.25, 0.3) is 0 Å². The molecule has 0 aromatic rings. The maximum atomic E-state index is 9.18. The average molecular weight is 201 g/mol. The molecule has 1 aliphatic heterocycles. The number of nitrogens with zero attached hydrogens (tertiary/aromatic N) is 2. The van der Waals surface area contributed by atoms with Crippen molar-refractivity contribution >= 4 is 5.84 Å². The number of hydrogen-bond acceptors (Lipinski definition) is 4. The molecule has 0 bridgehead atoms. The van der Waals surface area contributed by atoms with E-state index in [1.807, 2.05) is 6.92 Å². The maximum absolute atomic E-state index is 9.18. The predicted octanol–water partition coefficient (Wildman–Crippen LogP) is -0.0319. The van der Waals surface area contributed by atoms with Gasteiger partial charge < -0.3 is 16.0 Å². The van der Waals surface area contributed by atoms with Gasteiger partial charge in [-0.1, -0.05) is 11.6 Å². The van der Waals surface area contributed by atoms with E-state index in [1.54, 1.807) is 0 Å². The molecule has 82 valence electrons. The molecule has 0 amide bonds. The van der Waals surface area contributed by atoms with Gasteiger partial charge in [-0.15, -0.1) is 0 Å². The highest BCUT2D eigenvalue weighted by Gasteiger charge is 2.27. The SMILES string of the molecule is CC(C(N)=NO)N1CCCCC1CO. The van der Waals surface area contributed by atoms with Crippen LogP contribution < -0.4 is 5.73 Å². The van der Waals surface area contributed by atoms with Crippen LogP contribution in [0.2, 0.25) is 0 Å². The quantitative estimate of drug-likeness (QED) is 0.259. The number of nitrogens with two attached hydrogens (primary N) is 1. The zero-order chi connectivity index (χ0) is 10.6. The Morgan fingerprint density at radius 1 is 1.64 bits per heavy atom. The number of aliphatic hydroxyl groups excluding tert-OH is 1. The van der Waals surface area contributed by atoms with Crippen molar-refractivity contribution in [2.24, 2.45) is 10.9 Å². The summed E-state index contributed by atoms with van der Waals surface area (Å²) in [6.07, 6.45) is 3.24. The van der Waals surface area contributed by atoms with Gasteiger partial charge in [0.1, 0.15) is 0 Å². The lowest BCUT2D eigenvalue weighted by atomic mass is 10.0. The highest BCUT2D eigenvalue weighted by Crippen LogP contribution is 2.19. The molecule has 1 saturated heterocycles. The van der Waals surface area contributed by atoms with Gasteiger partial charge in [0, 0.05) is 6.04 Å². The molecule has 1 fully saturated rings. The number of likely N-dealkylation sites (tertiary alicyclic amines) is 1. The van der Waals surface area contributed by atoms with Crippen LogP contribution in [0.15, 0.2) is 5.16 Å². The molecule has 2 unspecified atom stereocenters. The second kappa shape index (κ2) is 5.17. The smallest absolute Gasteiger partial charge is 0.156 e. The van der Waals surface area contributed by atoms with Gasteiger partial charge in [0.15, 0.2) is 5.84 Å². The van der Waals surface area contributed by atoms with Crippen LogP contribution in [-0.2, 0) is 0 Å². The van der Waals surface area contributed by atoms with Crippen LogP contribution in [-0.4, -0.2) is 46.3 Å². The second-order valence-electron chi connectivity index (χ2n) is 3.77. The fourth-order valence-electron chi connectivity index (χ4n) is 1.98. The van der Waals surface area contributed by atoms with E-state index < -0.39 is 0 Å². The molecule has 14 heavy (non-hydrogen) atoms. The molecule has 0 aromatic heterocycles. The van der Waals surface area contributed by atoms with Gasteiger partial charge in [0.2, 0.25) is 0 Å². The molecule has 0 aromatic carbocycles. The molecule has 0 radical (unpaired) electrons. The molecular weight excluding hydrogens is 182 g/mol. The normalized spacial score (nSPS) is 27.6. The Morgan fingerprint density at radius 2 is 2.36 bits per heavy atom. The topological polar surface area (TPSA) is 82.1 Å². The Morgan fingerprint density at radius 3 is 2.93 bits per heavy atom. The summed E-state index contributed by atoms with van der Waals surface area (Å²) in [4.78, 5) is 2.10. The van der Waals surface area contributed by atoms with Gasteiger partial charge >= 0.3 is 0 Å². The van der Waals surface area contributed by atoms with E-state index in [0.29, 0.717) is 0 Å². The van der Waals surface area contributed by atoms with Crippen molar-refractivity contribution < 1.29 is 10.3 Å². The maximum Gasteiger partial charge on any atom is 0.156 e. The van der Waals surface area contributed by atoms with Crippen molar-refractivity contribution in [1.82, 2.24) is 4.90 Å². The van der Waals surface area contributed by atoms with Crippen LogP contribution in [0.3, 0.4) is 0 Å². The monoisotopic (exact) mass is 201 g/mol. The molecule has 0 saturated carbocycles. The lowest BCUT2D eigenvalue weighted by molar-refractivity contribution is 0.0781. The minimum atomic E-state index is -0.0996. The average Bonchev–Trinajstić information content (AvgIpc) is 2.26. The zero-order valence-electron chi connectivity index (χ0n) is 8.56. The summed E-state index contributed by atoms with van der Waals surface area (Å²) in [5.41, 5.74) is 5.54. The highest BCUT2D eigenvalue weighted by molar-refractivity contribution is 5.84. The summed E-state index contributed by atoms with van der Waals surface area (Å²) in [5, 5.41) is 20.8. The van der Waals surface area contributed by atoms with Gasteiger partial charge in [0.05, 0.1) is 12.6 Å². The summed E-state index contributed by atoms with van der Waals surface area (Å²) in [5.74, 6) is 0.213. The Hall–Kier alpha value is -0.810. The molecular formula is C9H19N3O2. The van der Waals surface area contributed by atoms with Crippen molar-refractivity contribution in [3.8, 4) is 0 Å². The van der Waals surface area contributed by atoms with Crippen molar-refractivity contribution in [2.75, 3.05) is 13.2 Å². The van der Waals surface area contributed by atoms with Crippen LogP contribution in [0, 0.1) is 0 Å². The number of oxime groups is 1. The summed E-state index contributed by atoms with van der Waals surface area (Å²) in [6.45, 7) is 2.94. The summed E-state index contributed by atoms with van der Waals surface area (Å²) < 4.78 is 0. The molecule has 5 heteroatoms. The lowest BCUT2D eigenvalue weighted by Gasteiger charge is -2.38. The summed E-state index contributed by atoms with van der Waals surface area (Å²) >= 11 is 0. The molecule has 1 aliphatic rings. The summed E-state index contributed by atoms with van der Waals surface area (Å²) in [6, 6.07) is 0.0523. The Labute approximate surface area is 84.2 Å². The first-order chi connectivity index (χ1) is 6.70. The van der Waals surface area contributed by atoms with Crippen LogP contribution in [0.4, 0.5) is 0 Å². The Kier molecular flexibility index (Phi) is 4.16. The van der Waals surface area contributed by atoms with Crippen molar-refractivity contribution in [1.29, 1.82) is 0 Å². The van der Waals surface area contributed by atoms with Gasteiger partial charge in [-0.25, -0.2) is 0 Å². The van der Waals surface area contributed by atoms with Crippen LogP contribution in [0.1, 0.15) is 26.2 Å². The number of amidine groups is 1. The highest BCUT2D eigenvalue weighted by atomic mass is 16.4. The minimum Gasteiger partial charge on any atom is -0.409 e. The lowest BCUT2D eigenvalue weighted by Crippen LogP contribution is -2.51. The van der Waals surface area contributed by atoms with Gasteiger partial charge in [-0.2, -0.15) is 0 Å². The van der Waals surface area contributed by atoms with E-state index in [9.17, 15) is 5.11 Å². The van der Waals surface area contributed by atoms with E-state index in [0.717, 1.165) is 25.8 Å². The fourth-order valence-corrected chi connectivity index (χ4v) is 1.98. The predicted molar refractivity (Wildman–Crippen MR) is 54.3 cm³/mol. The third-order valence-electron chi connectivity index (χ3n) is 2.92. The molecule has 5 nitrogen and oxygen atoms in total. The zero-order valence-corrected chi connectivity index (χ0v) is 8.56. The third-order valence-corrected chi connectivity index (χ3v) is 2.92. The first-order valence-electron chi connectivity index (χ1n) is 5.04. The van der Waals surface area contributed by atoms with Crippen molar-refractivity contribution in [3.63, 3.8) is 0 Å². The number of aliphatic hydroxyl groups is 1. The molecule has 1 heterocycles. The van der Waals surface area contributed by atoms with Crippen molar-refractivity contribution in [2.45, 2.75) is 38.3 Å². The van der Waals surface area contributed by atoms with E-state index in [1.165, 1.54) is 0 Å². The molecule has 0 aliphatic carbocycles. The first-order valence-corrected chi connectivity index (χ1v) is 5.04.